The minimum atomic E-state index is 1.02. The first-order valence-electron chi connectivity index (χ1n) is 7.14. The van der Waals surface area contributed by atoms with E-state index in [1.807, 2.05) is 0 Å². The zero-order valence-corrected chi connectivity index (χ0v) is 11.8. The summed E-state index contributed by atoms with van der Waals surface area (Å²) in [5.74, 6) is 0. The number of nitrogens with one attached hydrogen (secondary N) is 1. The number of rotatable bonds is 2. The second kappa shape index (κ2) is 5.08. The fraction of sp³-hybridized carbons (Fsp3) is 0.333. The molecule has 0 atom stereocenters. The fourth-order valence-corrected chi connectivity index (χ4v) is 2.77. The van der Waals surface area contributed by atoms with Gasteiger partial charge in [0, 0.05) is 12.2 Å². The van der Waals surface area contributed by atoms with Gasteiger partial charge in [0.05, 0.1) is 0 Å². The molecule has 3 rings (SSSR count). The molecule has 0 aliphatic carbocycles. The zero-order chi connectivity index (χ0) is 13.2. The van der Waals surface area contributed by atoms with E-state index in [1.54, 1.807) is 0 Å². The van der Waals surface area contributed by atoms with Crippen molar-refractivity contribution in [3.63, 3.8) is 0 Å². The SMILES string of the molecule is Cc1ccc(Cc2ccc3c(c2)NCCC3)cc1C. The summed E-state index contributed by atoms with van der Waals surface area (Å²) in [6, 6.07) is 13.7. The number of aryl methyl sites for hydroxylation is 3. The maximum absolute atomic E-state index is 3.51. The van der Waals surface area contributed by atoms with Crippen LogP contribution in [0.2, 0.25) is 0 Å². The van der Waals surface area contributed by atoms with E-state index < -0.39 is 0 Å². The van der Waals surface area contributed by atoms with E-state index in [4.69, 9.17) is 0 Å². The van der Waals surface area contributed by atoms with Gasteiger partial charge in [-0.25, -0.2) is 0 Å². The van der Waals surface area contributed by atoms with Gasteiger partial charge in [-0.2, -0.15) is 0 Å². The van der Waals surface area contributed by atoms with Gasteiger partial charge in [0.25, 0.3) is 0 Å². The van der Waals surface area contributed by atoms with Crippen LogP contribution in [0.5, 0.6) is 0 Å². The lowest BCUT2D eigenvalue weighted by Crippen LogP contribution is -2.11. The van der Waals surface area contributed by atoms with Gasteiger partial charge in [0.2, 0.25) is 0 Å². The van der Waals surface area contributed by atoms with Crippen LogP contribution in [-0.2, 0) is 12.8 Å². The average Bonchev–Trinajstić information content (AvgIpc) is 2.43. The van der Waals surface area contributed by atoms with Crippen LogP contribution in [0.3, 0.4) is 0 Å². The van der Waals surface area contributed by atoms with Crippen LogP contribution in [0, 0.1) is 13.8 Å². The molecule has 2 aromatic rings. The van der Waals surface area contributed by atoms with E-state index in [0.717, 1.165) is 13.0 Å². The molecule has 19 heavy (non-hydrogen) atoms. The number of hydrogen-bond acceptors (Lipinski definition) is 1. The Morgan fingerprint density at radius 3 is 2.58 bits per heavy atom. The summed E-state index contributed by atoms with van der Waals surface area (Å²) in [6.45, 7) is 5.47. The summed E-state index contributed by atoms with van der Waals surface area (Å²) in [5, 5.41) is 3.51. The maximum Gasteiger partial charge on any atom is 0.0375 e. The Morgan fingerprint density at radius 1 is 0.947 bits per heavy atom. The molecule has 0 unspecified atom stereocenters. The van der Waals surface area contributed by atoms with Gasteiger partial charge in [0.15, 0.2) is 0 Å². The van der Waals surface area contributed by atoms with Crippen molar-refractivity contribution in [3.05, 3.63) is 64.2 Å². The molecule has 1 heteroatoms. The summed E-state index contributed by atoms with van der Waals surface area (Å²) >= 11 is 0. The van der Waals surface area contributed by atoms with Gasteiger partial charge in [-0.1, -0.05) is 30.3 Å². The molecule has 0 amide bonds. The Kier molecular flexibility index (Phi) is 3.29. The van der Waals surface area contributed by atoms with Crippen molar-refractivity contribution in [3.8, 4) is 0 Å². The Morgan fingerprint density at radius 2 is 1.74 bits per heavy atom. The molecule has 0 spiro atoms. The van der Waals surface area contributed by atoms with Gasteiger partial charge in [-0.3, -0.25) is 0 Å². The van der Waals surface area contributed by atoms with Crippen LogP contribution in [0.25, 0.3) is 0 Å². The van der Waals surface area contributed by atoms with Crippen LogP contribution in [0.15, 0.2) is 36.4 Å². The largest absolute Gasteiger partial charge is 0.385 e. The topological polar surface area (TPSA) is 12.0 Å². The van der Waals surface area contributed by atoms with E-state index in [-0.39, 0.29) is 0 Å². The lowest BCUT2D eigenvalue weighted by atomic mass is 9.97. The fourth-order valence-electron chi connectivity index (χ4n) is 2.77. The second-order valence-electron chi connectivity index (χ2n) is 5.62. The molecule has 98 valence electrons. The van der Waals surface area contributed by atoms with Crippen LogP contribution in [-0.4, -0.2) is 6.54 Å². The Hall–Kier alpha value is -1.76. The Labute approximate surface area is 115 Å². The molecular weight excluding hydrogens is 230 g/mol. The molecule has 1 aliphatic rings. The maximum atomic E-state index is 3.51. The molecule has 0 aromatic heterocycles. The van der Waals surface area contributed by atoms with Crippen molar-refractivity contribution in [2.24, 2.45) is 0 Å². The summed E-state index contributed by atoms with van der Waals surface area (Å²) < 4.78 is 0. The predicted molar refractivity (Wildman–Crippen MR) is 82.0 cm³/mol. The van der Waals surface area contributed by atoms with E-state index >= 15 is 0 Å². The molecule has 1 heterocycles. The standard InChI is InChI=1S/C18H21N/c1-13-5-6-15(10-14(13)2)11-16-7-8-17-4-3-9-19-18(17)12-16/h5-8,10,12,19H,3-4,9,11H2,1-2H3. The van der Waals surface area contributed by atoms with E-state index in [0.29, 0.717) is 0 Å². The molecule has 1 nitrogen and oxygen atoms in total. The predicted octanol–water partition coefficient (Wildman–Crippen LogP) is 4.25. The number of hydrogen-bond donors (Lipinski definition) is 1. The van der Waals surface area contributed by atoms with Gasteiger partial charge in [-0.05, 0) is 67.0 Å². The van der Waals surface area contributed by atoms with E-state index in [2.05, 4.69) is 55.6 Å². The molecule has 2 aromatic carbocycles. The van der Waals surface area contributed by atoms with Crippen LogP contribution >= 0.6 is 0 Å². The van der Waals surface area contributed by atoms with Crippen molar-refractivity contribution in [1.82, 2.24) is 0 Å². The average molecular weight is 251 g/mol. The lowest BCUT2D eigenvalue weighted by molar-refractivity contribution is 0.829. The minimum absolute atomic E-state index is 1.02. The van der Waals surface area contributed by atoms with Gasteiger partial charge in [-0.15, -0.1) is 0 Å². The van der Waals surface area contributed by atoms with Gasteiger partial charge < -0.3 is 5.32 Å². The van der Waals surface area contributed by atoms with Crippen molar-refractivity contribution in [1.29, 1.82) is 0 Å². The molecule has 0 bridgehead atoms. The molecule has 1 aliphatic heterocycles. The van der Waals surface area contributed by atoms with Crippen LogP contribution < -0.4 is 5.32 Å². The lowest BCUT2D eigenvalue weighted by Gasteiger charge is -2.18. The zero-order valence-electron chi connectivity index (χ0n) is 11.8. The highest BCUT2D eigenvalue weighted by molar-refractivity contribution is 5.55. The minimum Gasteiger partial charge on any atom is -0.385 e. The molecule has 0 saturated carbocycles. The number of benzene rings is 2. The van der Waals surface area contributed by atoms with Gasteiger partial charge >= 0.3 is 0 Å². The first kappa shape index (κ1) is 12.3. The third-order valence-electron chi connectivity index (χ3n) is 4.09. The van der Waals surface area contributed by atoms with Crippen LogP contribution in [0.1, 0.15) is 34.2 Å². The molecular formula is C18H21N. The van der Waals surface area contributed by atoms with Crippen LogP contribution in [0.4, 0.5) is 5.69 Å². The van der Waals surface area contributed by atoms with Crippen molar-refractivity contribution in [2.45, 2.75) is 33.1 Å². The monoisotopic (exact) mass is 251 g/mol. The quantitative estimate of drug-likeness (QED) is 0.841. The Balaban J connectivity index is 1.84. The highest BCUT2D eigenvalue weighted by Crippen LogP contribution is 2.24. The third-order valence-corrected chi connectivity index (χ3v) is 4.09. The summed E-state index contributed by atoms with van der Waals surface area (Å²) in [7, 11) is 0. The molecule has 0 saturated heterocycles. The highest BCUT2D eigenvalue weighted by Gasteiger charge is 2.09. The first-order valence-corrected chi connectivity index (χ1v) is 7.14. The normalized spacial score (nSPS) is 13.8. The Bertz CT molecular complexity index is 599. The highest BCUT2D eigenvalue weighted by atomic mass is 14.9. The summed E-state index contributed by atoms with van der Waals surface area (Å²) in [4.78, 5) is 0. The molecule has 1 N–H and O–H groups in total. The van der Waals surface area contributed by atoms with Gasteiger partial charge in [0.1, 0.15) is 0 Å². The number of anilines is 1. The van der Waals surface area contributed by atoms with E-state index in [9.17, 15) is 0 Å². The number of fused-ring (bicyclic) bond motifs is 1. The smallest absolute Gasteiger partial charge is 0.0375 e. The summed E-state index contributed by atoms with van der Waals surface area (Å²) in [5.41, 5.74) is 8.36. The second-order valence-corrected chi connectivity index (χ2v) is 5.62. The summed E-state index contributed by atoms with van der Waals surface area (Å²) in [6.07, 6.45) is 3.49. The molecule has 0 fully saturated rings. The molecule has 0 radical (unpaired) electrons. The first-order chi connectivity index (χ1) is 9.22. The van der Waals surface area contributed by atoms with Crippen molar-refractivity contribution < 1.29 is 0 Å². The van der Waals surface area contributed by atoms with Crippen molar-refractivity contribution >= 4 is 5.69 Å². The van der Waals surface area contributed by atoms with E-state index in [1.165, 1.54) is 46.3 Å². The van der Waals surface area contributed by atoms with Crippen molar-refractivity contribution in [2.75, 3.05) is 11.9 Å². The third kappa shape index (κ3) is 2.65.